The van der Waals surface area contributed by atoms with Gasteiger partial charge in [0.15, 0.2) is 4.80 Å². The number of benzene rings is 2. The van der Waals surface area contributed by atoms with Gasteiger partial charge in [0.2, 0.25) is 0 Å². The highest BCUT2D eigenvalue weighted by atomic mass is 32.1. The maximum atomic E-state index is 13.8. The zero-order chi connectivity index (χ0) is 26.7. The predicted octanol–water partition coefficient (Wildman–Crippen LogP) is 3.71. The molecular weight excluding hydrogens is 484 g/mol. The van der Waals surface area contributed by atoms with Gasteiger partial charge in [0.05, 0.1) is 28.5 Å². The number of fused-ring (bicyclic) bond motifs is 1. The topological polar surface area (TPSA) is 67.1 Å². The Morgan fingerprint density at radius 3 is 2.22 bits per heavy atom. The van der Waals surface area contributed by atoms with Crippen LogP contribution in [0, 0.1) is 0 Å². The molecule has 2 heterocycles. The minimum absolute atomic E-state index is 0.174. The van der Waals surface area contributed by atoms with Crippen LogP contribution in [0.4, 0.5) is 11.4 Å². The minimum atomic E-state index is -0.612. The van der Waals surface area contributed by atoms with Crippen LogP contribution in [0.1, 0.15) is 44.9 Å². The van der Waals surface area contributed by atoms with Gasteiger partial charge in [-0.3, -0.25) is 9.36 Å². The van der Waals surface area contributed by atoms with E-state index in [9.17, 15) is 9.59 Å². The normalized spacial score (nSPS) is 15.3. The van der Waals surface area contributed by atoms with Crippen molar-refractivity contribution in [3.05, 3.63) is 90.6 Å². The first-order valence-corrected chi connectivity index (χ1v) is 13.4. The van der Waals surface area contributed by atoms with Crippen LogP contribution < -0.4 is 24.7 Å². The van der Waals surface area contributed by atoms with Crippen LogP contribution in [-0.2, 0) is 9.53 Å². The van der Waals surface area contributed by atoms with E-state index in [1.807, 2.05) is 61.5 Å². The lowest BCUT2D eigenvalue weighted by molar-refractivity contribution is -0.139. The smallest absolute Gasteiger partial charge is 0.338 e. The number of esters is 1. The number of hydrogen-bond acceptors (Lipinski definition) is 7. The summed E-state index contributed by atoms with van der Waals surface area (Å²) in [5.41, 5.74) is 4.74. The van der Waals surface area contributed by atoms with E-state index in [0.717, 1.165) is 35.6 Å². The number of hydrogen-bond donors (Lipinski definition) is 0. The highest BCUT2D eigenvalue weighted by molar-refractivity contribution is 7.07. The number of nitrogens with zero attached hydrogens (tertiary/aromatic N) is 4. The molecule has 0 spiro atoms. The second kappa shape index (κ2) is 11.2. The van der Waals surface area contributed by atoms with Crippen molar-refractivity contribution in [2.45, 2.75) is 33.7 Å². The van der Waals surface area contributed by atoms with Crippen LogP contribution in [-0.4, -0.2) is 44.3 Å². The second-order valence-electron chi connectivity index (χ2n) is 9.05. The molecular formula is C29H34N4O3S. The third kappa shape index (κ3) is 5.25. The molecule has 7 nitrogen and oxygen atoms in total. The number of carbonyl (C=O) groups is 1. The maximum Gasteiger partial charge on any atom is 0.338 e. The fourth-order valence-corrected chi connectivity index (χ4v) is 5.63. The van der Waals surface area contributed by atoms with Crippen LogP contribution in [0.5, 0.6) is 0 Å². The summed E-state index contributed by atoms with van der Waals surface area (Å²) in [6, 6.07) is 15.5. The number of rotatable bonds is 8. The Balaban J connectivity index is 1.84. The minimum Gasteiger partial charge on any atom is -0.463 e. The van der Waals surface area contributed by atoms with E-state index in [2.05, 4.69) is 35.9 Å². The van der Waals surface area contributed by atoms with Gasteiger partial charge >= 0.3 is 5.97 Å². The van der Waals surface area contributed by atoms with Crippen molar-refractivity contribution in [2.24, 2.45) is 4.99 Å². The van der Waals surface area contributed by atoms with Crippen molar-refractivity contribution in [1.29, 1.82) is 0 Å². The molecule has 1 aromatic heterocycles. The molecule has 1 aliphatic rings. The predicted molar refractivity (Wildman–Crippen MR) is 151 cm³/mol. The lowest BCUT2D eigenvalue weighted by Gasteiger charge is -2.25. The summed E-state index contributed by atoms with van der Waals surface area (Å²) in [7, 11) is 3.95. The van der Waals surface area contributed by atoms with Crippen molar-refractivity contribution in [3.8, 4) is 0 Å². The van der Waals surface area contributed by atoms with Crippen molar-refractivity contribution >= 4 is 34.8 Å². The average molecular weight is 519 g/mol. The fourth-order valence-electron chi connectivity index (χ4n) is 4.58. The van der Waals surface area contributed by atoms with Gasteiger partial charge in [0.1, 0.15) is 0 Å². The molecule has 1 aliphatic heterocycles. The summed E-state index contributed by atoms with van der Waals surface area (Å²) >= 11 is 1.34. The van der Waals surface area contributed by atoms with Gasteiger partial charge in [0, 0.05) is 38.6 Å². The molecule has 0 saturated heterocycles. The number of ether oxygens (including phenoxy) is 1. The first kappa shape index (κ1) is 26.4. The molecule has 3 aromatic rings. The first-order valence-electron chi connectivity index (χ1n) is 12.6. The summed E-state index contributed by atoms with van der Waals surface area (Å²) in [6.07, 6.45) is 1.89. The monoisotopic (exact) mass is 518 g/mol. The molecule has 1 atom stereocenters. The molecule has 194 valence electrons. The van der Waals surface area contributed by atoms with Gasteiger partial charge in [-0.05, 0) is 69.2 Å². The van der Waals surface area contributed by atoms with Crippen molar-refractivity contribution < 1.29 is 9.53 Å². The van der Waals surface area contributed by atoms with Crippen molar-refractivity contribution in [3.63, 3.8) is 0 Å². The Morgan fingerprint density at radius 1 is 1.03 bits per heavy atom. The van der Waals surface area contributed by atoms with E-state index in [1.54, 1.807) is 18.4 Å². The Kier molecular flexibility index (Phi) is 7.97. The standard InChI is InChI=1S/C29H34N4O3S/c1-7-32(8-2)23-14-10-20(11-15-23)18-24-27(34)33-26(21-12-16-22(17-13-21)31(5)6)25(28(35)36-9-3)19(4)30-29(33)37-24/h10-18,26H,7-9H2,1-6H3/b24-18-/t26-/m0/s1. The van der Waals surface area contributed by atoms with Crippen molar-refractivity contribution in [2.75, 3.05) is 43.6 Å². The molecule has 0 unspecified atom stereocenters. The number of aromatic nitrogens is 1. The van der Waals surface area contributed by atoms with E-state index < -0.39 is 12.0 Å². The zero-order valence-electron chi connectivity index (χ0n) is 22.3. The van der Waals surface area contributed by atoms with Gasteiger partial charge in [-0.1, -0.05) is 35.6 Å². The Labute approximate surface area is 221 Å². The fraction of sp³-hybridized carbons (Fsp3) is 0.345. The summed E-state index contributed by atoms with van der Waals surface area (Å²) in [5.74, 6) is -0.452. The first-order chi connectivity index (χ1) is 17.8. The largest absolute Gasteiger partial charge is 0.463 e. The molecule has 0 saturated carbocycles. The summed E-state index contributed by atoms with van der Waals surface area (Å²) in [5, 5.41) is 0. The second-order valence-corrected chi connectivity index (χ2v) is 10.1. The van der Waals surface area contributed by atoms with Crippen LogP contribution in [0.2, 0.25) is 0 Å². The lowest BCUT2D eigenvalue weighted by atomic mass is 9.95. The Hall–Kier alpha value is -3.65. The number of thiazole rings is 1. The molecule has 0 N–H and O–H groups in total. The quantitative estimate of drug-likeness (QED) is 0.426. The summed E-state index contributed by atoms with van der Waals surface area (Å²) < 4.78 is 7.58. The highest BCUT2D eigenvalue weighted by Gasteiger charge is 2.33. The van der Waals surface area contributed by atoms with Gasteiger partial charge in [0.25, 0.3) is 5.56 Å². The van der Waals surface area contributed by atoms with Crippen LogP contribution in [0.25, 0.3) is 6.08 Å². The van der Waals surface area contributed by atoms with Crippen LogP contribution >= 0.6 is 11.3 Å². The molecule has 0 fully saturated rings. The van der Waals surface area contributed by atoms with Crippen molar-refractivity contribution in [1.82, 2.24) is 4.57 Å². The number of carbonyl (C=O) groups excluding carboxylic acids is 1. The van der Waals surface area contributed by atoms with Crippen LogP contribution in [0.3, 0.4) is 0 Å². The van der Waals surface area contributed by atoms with E-state index in [-0.39, 0.29) is 12.2 Å². The van der Waals surface area contributed by atoms with Gasteiger partial charge in [-0.2, -0.15) is 0 Å². The lowest BCUT2D eigenvalue weighted by Crippen LogP contribution is -2.39. The molecule has 0 bridgehead atoms. The summed E-state index contributed by atoms with van der Waals surface area (Å²) in [6.45, 7) is 9.96. The van der Waals surface area contributed by atoms with E-state index in [4.69, 9.17) is 4.74 Å². The van der Waals surface area contributed by atoms with Gasteiger partial charge < -0.3 is 14.5 Å². The highest BCUT2D eigenvalue weighted by Crippen LogP contribution is 2.31. The van der Waals surface area contributed by atoms with Crippen LogP contribution in [0.15, 0.2) is 69.6 Å². The van der Waals surface area contributed by atoms with E-state index in [1.165, 1.54) is 11.3 Å². The molecule has 37 heavy (non-hydrogen) atoms. The third-order valence-corrected chi connectivity index (χ3v) is 7.54. The van der Waals surface area contributed by atoms with E-state index >= 15 is 0 Å². The molecule has 2 aromatic carbocycles. The Morgan fingerprint density at radius 2 is 1.65 bits per heavy atom. The maximum absolute atomic E-state index is 13.8. The molecule has 0 radical (unpaired) electrons. The number of anilines is 2. The molecule has 0 amide bonds. The molecule has 4 rings (SSSR count). The Bertz CT molecular complexity index is 1480. The SMILES string of the molecule is CCOC(=O)C1=C(C)N=c2s/c(=C\c3ccc(N(CC)CC)cc3)c(=O)n2[C@H]1c1ccc(N(C)C)cc1. The molecule has 8 heteroatoms. The van der Waals surface area contributed by atoms with Gasteiger partial charge in [-0.15, -0.1) is 0 Å². The van der Waals surface area contributed by atoms with E-state index in [0.29, 0.717) is 20.6 Å². The average Bonchev–Trinajstić information content (AvgIpc) is 3.19. The molecule has 0 aliphatic carbocycles. The number of allylic oxidation sites excluding steroid dienone is 1. The zero-order valence-corrected chi connectivity index (χ0v) is 23.1. The summed E-state index contributed by atoms with van der Waals surface area (Å²) in [4.78, 5) is 36.3. The third-order valence-electron chi connectivity index (χ3n) is 6.56. The van der Waals surface area contributed by atoms with Gasteiger partial charge in [-0.25, -0.2) is 9.79 Å².